The van der Waals surface area contributed by atoms with Gasteiger partial charge in [-0.1, -0.05) is 78.1 Å². The van der Waals surface area contributed by atoms with Crippen molar-refractivity contribution in [3.63, 3.8) is 0 Å². The van der Waals surface area contributed by atoms with Crippen molar-refractivity contribution >= 4 is 10.4 Å². The SMILES string of the molecule is CCCCCCCCC1(OC2(CCCCCCCC)CCO2)CCO1.O=S(=O)(O)O. The highest BCUT2D eigenvalue weighted by atomic mass is 32.3. The van der Waals surface area contributed by atoms with Gasteiger partial charge in [-0.25, -0.2) is 0 Å². The molecule has 0 bridgehead atoms. The molecule has 2 N–H and O–H groups in total. The molecule has 0 amide bonds. The van der Waals surface area contributed by atoms with Gasteiger partial charge in [0.05, 0.1) is 13.2 Å². The predicted molar refractivity (Wildman–Crippen MR) is 118 cm³/mol. The van der Waals surface area contributed by atoms with Gasteiger partial charge < -0.3 is 14.2 Å². The molecule has 180 valence electrons. The average Bonchev–Trinajstić information content (AvgIpc) is 2.61. The van der Waals surface area contributed by atoms with Gasteiger partial charge in [0.15, 0.2) is 11.6 Å². The standard InChI is InChI=1S/C22H42O3.H2O4S/c1-3-5-7-9-11-13-15-21(17-19-23-21)25-22(18-20-24-22)16-14-12-10-8-6-4-2;1-5(2,3)4/h3-20H2,1-2H3;(H2,1,2,3,4). The highest BCUT2D eigenvalue weighted by Gasteiger charge is 2.50. The molecule has 2 atom stereocenters. The van der Waals surface area contributed by atoms with Crippen molar-refractivity contribution in [2.24, 2.45) is 0 Å². The summed E-state index contributed by atoms with van der Waals surface area (Å²) < 4.78 is 50.0. The maximum Gasteiger partial charge on any atom is 0.394 e. The number of rotatable bonds is 16. The molecule has 30 heavy (non-hydrogen) atoms. The molecule has 7 nitrogen and oxygen atoms in total. The molecule has 2 unspecified atom stereocenters. The molecule has 0 spiro atoms. The molecule has 0 saturated carbocycles. The third-order valence-corrected chi connectivity index (χ3v) is 5.89. The Morgan fingerprint density at radius 1 is 0.700 bits per heavy atom. The van der Waals surface area contributed by atoms with Crippen molar-refractivity contribution < 1.29 is 31.7 Å². The minimum Gasteiger partial charge on any atom is -0.349 e. The van der Waals surface area contributed by atoms with Crippen molar-refractivity contribution in [1.82, 2.24) is 0 Å². The average molecular weight is 453 g/mol. The van der Waals surface area contributed by atoms with Gasteiger partial charge >= 0.3 is 10.4 Å². The molecule has 0 radical (unpaired) electrons. The van der Waals surface area contributed by atoms with E-state index in [0.717, 1.165) is 38.9 Å². The summed E-state index contributed by atoms with van der Waals surface area (Å²) >= 11 is 0. The Labute approximate surface area is 183 Å². The van der Waals surface area contributed by atoms with Crippen LogP contribution in [0, 0.1) is 0 Å². The highest BCUT2D eigenvalue weighted by molar-refractivity contribution is 7.79. The fourth-order valence-electron chi connectivity index (χ4n) is 4.01. The molecule has 2 fully saturated rings. The molecular weight excluding hydrogens is 408 g/mol. The lowest BCUT2D eigenvalue weighted by Crippen LogP contribution is -2.57. The lowest BCUT2D eigenvalue weighted by Gasteiger charge is -2.51. The quantitative estimate of drug-likeness (QED) is 0.216. The lowest BCUT2D eigenvalue weighted by atomic mass is 9.95. The Morgan fingerprint density at radius 3 is 1.27 bits per heavy atom. The zero-order chi connectivity index (χ0) is 22.3. The highest BCUT2D eigenvalue weighted by Crippen LogP contribution is 2.44. The van der Waals surface area contributed by atoms with Crippen LogP contribution in [-0.4, -0.2) is 42.3 Å². The van der Waals surface area contributed by atoms with Crippen LogP contribution >= 0.6 is 0 Å². The first-order valence-corrected chi connectivity index (χ1v) is 13.3. The molecule has 2 aliphatic rings. The van der Waals surface area contributed by atoms with E-state index in [0.29, 0.717) is 0 Å². The van der Waals surface area contributed by atoms with E-state index in [1.165, 1.54) is 77.0 Å². The number of unbranched alkanes of at least 4 members (excludes halogenated alkanes) is 10. The lowest BCUT2D eigenvalue weighted by molar-refractivity contribution is -0.432. The van der Waals surface area contributed by atoms with Crippen LogP contribution in [0.4, 0.5) is 0 Å². The molecular formula is C22H44O7S. The van der Waals surface area contributed by atoms with Crippen LogP contribution in [0.5, 0.6) is 0 Å². The van der Waals surface area contributed by atoms with Gasteiger partial charge in [0.2, 0.25) is 0 Å². The third kappa shape index (κ3) is 12.6. The molecule has 0 aromatic rings. The van der Waals surface area contributed by atoms with Crippen LogP contribution in [-0.2, 0) is 24.6 Å². The first kappa shape index (κ1) is 27.8. The van der Waals surface area contributed by atoms with Gasteiger partial charge in [-0.05, 0) is 12.8 Å². The van der Waals surface area contributed by atoms with E-state index in [1.54, 1.807) is 0 Å². The first-order valence-electron chi connectivity index (χ1n) is 11.9. The van der Waals surface area contributed by atoms with Gasteiger partial charge in [-0.2, -0.15) is 8.42 Å². The minimum absolute atomic E-state index is 0.326. The van der Waals surface area contributed by atoms with E-state index in [-0.39, 0.29) is 11.6 Å². The fourth-order valence-corrected chi connectivity index (χ4v) is 4.01. The topological polar surface area (TPSA) is 102 Å². The van der Waals surface area contributed by atoms with E-state index in [1.807, 2.05) is 0 Å². The molecule has 2 heterocycles. The van der Waals surface area contributed by atoms with Crippen LogP contribution in [0.25, 0.3) is 0 Å². The van der Waals surface area contributed by atoms with Crippen LogP contribution < -0.4 is 0 Å². The predicted octanol–water partition coefficient (Wildman–Crippen LogP) is 6.08. The molecule has 2 aliphatic heterocycles. The second-order valence-corrected chi connectivity index (χ2v) is 9.50. The second-order valence-electron chi connectivity index (χ2n) is 8.60. The number of hydrogen-bond donors (Lipinski definition) is 2. The van der Waals surface area contributed by atoms with Crippen molar-refractivity contribution in [2.45, 2.75) is 128 Å². The second kappa shape index (κ2) is 14.7. The summed E-state index contributed by atoms with van der Waals surface area (Å²) in [6.45, 7) is 6.24. The van der Waals surface area contributed by atoms with E-state index in [9.17, 15) is 0 Å². The van der Waals surface area contributed by atoms with Gasteiger partial charge in [0, 0.05) is 25.7 Å². The van der Waals surface area contributed by atoms with Gasteiger partial charge in [0.1, 0.15) is 0 Å². The molecule has 2 saturated heterocycles. The third-order valence-electron chi connectivity index (χ3n) is 5.89. The Kier molecular flexibility index (Phi) is 13.7. The van der Waals surface area contributed by atoms with E-state index < -0.39 is 10.4 Å². The summed E-state index contributed by atoms with van der Waals surface area (Å²) in [5.41, 5.74) is 0. The van der Waals surface area contributed by atoms with Crippen molar-refractivity contribution in [2.75, 3.05) is 13.2 Å². The van der Waals surface area contributed by atoms with Crippen molar-refractivity contribution in [3.8, 4) is 0 Å². The van der Waals surface area contributed by atoms with Crippen LogP contribution in [0.2, 0.25) is 0 Å². The molecule has 8 heteroatoms. The minimum atomic E-state index is -4.67. The summed E-state index contributed by atoms with van der Waals surface area (Å²) in [6, 6.07) is 0. The molecule has 0 aliphatic carbocycles. The largest absolute Gasteiger partial charge is 0.394 e. The zero-order valence-corrected chi connectivity index (χ0v) is 19.9. The summed E-state index contributed by atoms with van der Waals surface area (Å²) in [4.78, 5) is 0. The molecule has 0 aromatic carbocycles. The molecule has 2 rings (SSSR count). The van der Waals surface area contributed by atoms with Crippen LogP contribution in [0.1, 0.15) is 117 Å². The smallest absolute Gasteiger partial charge is 0.349 e. The van der Waals surface area contributed by atoms with Gasteiger partial charge in [0.25, 0.3) is 0 Å². The first-order chi connectivity index (χ1) is 14.2. The Balaban J connectivity index is 0.000000804. The number of hydrogen-bond acceptors (Lipinski definition) is 5. The van der Waals surface area contributed by atoms with Crippen molar-refractivity contribution in [3.05, 3.63) is 0 Å². The van der Waals surface area contributed by atoms with Crippen molar-refractivity contribution in [1.29, 1.82) is 0 Å². The molecule has 0 aromatic heterocycles. The van der Waals surface area contributed by atoms with Gasteiger partial charge in [-0.15, -0.1) is 0 Å². The summed E-state index contributed by atoms with van der Waals surface area (Å²) in [6.07, 6.45) is 20.0. The Morgan fingerprint density at radius 2 is 1.00 bits per heavy atom. The number of ether oxygens (including phenoxy) is 3. The Hall–Kier alpha value is -0.250. The normalized spacial score (nSPS) is 25.7. The zero-order valence-electron chi connectivity index (χ0n) is 19.1. The summed E-state index contributed by atoms with van der Waals surface area (Å²) in [5.74, 6) is -0.652. The van der Waals surface area contributed by atoms with E-state index in [2.05, 4.69) is 13.8 Å². The Bertz CT molecular complexity index is 488. The fraction of sp³-hybridized carbons (Fsp3) is 1.00. The maximum absolute atomic E-state index is 8.74. The van der Waals surface area contributed by atoms with Crippen LogP contribution in [0.3, 0.4) is 0 Å². The van der Waals surface area contributed by atoms with Gasteiger partial charge in [-0.3, -0.25) is 9.11 Å². The van der Waals surface area contributed by atoms with E-state index >= 15 is 0 Å². The summed E-state index contributed by atoms with van der Waals surface area (Å²) in [5, 5.41) is 0. The monoisotopic (exact) mass is 452 g/mol. The van der Waals surface area contributed by atoms with Crippen LogP contribution in [0.15, 0.2) is 0 Å². The summed E-state index contributed by atoms with van der Waals surface area (Å²) in [7, 11) is -4.67. The maximum atomic E-state index is 8.74. The van der Waals surface area contributed by atoms with E-state index in [4.69, 9.17) is 31.7 Å².